The summed E-state index contributed by atoms with van der Waals surface area (Å²) in [6.45, 7) is 4.03. The van der Waals surface area contributed by atoms with E-state index in [1.165, 1.54) is 30.1 Å². The molecule has 0 radical (unpaired) electrons. The van der Waals surface area contributed by atoms with Crippen LogP contribution in [0.3, 0.4) is 0 Å². The summed E-state index contributed by atoms with van der Waals surface area (Å²) in [6.07, 6.45) is 1.52. The molecule has 1 aromatic heterocycles. The summed E-state index contributed by atoms with van der Waals surface area (Å²) in [6, 6.07) is 15.3. The first kappa shape index (κ1) is 22.9. The highest BCUT2D eigenvalue weighted by Gasteiger charge is 2.06. The number of hydrogen-bond donors (Lipinski definition) is 1. The lowest BCUT2D eigenvalue weighted by Crippen LogP contribution is -2.19. The van der Waals surface area contributed by atoms with Crippen LogP contribution in [0.25, 0.3) is 0 Å². The first-order valence-electron chi connectivity index (χ1n) is 9.62. The Kier molecular flexibility index (Phi) is 7.87. The van der Waals surface area contributed by atoms with Crippen molar-refractivity contribution in [3.8, 4) is 5.75 Å². The Morgan fingerprint density at radius 2 is 1.88 bits per heavy atom. The van der Waals surface area contributed by atoms with Crippen molar-refractivity contribution in [1.29, 1.82) is 0 Å². The van der Waals surface area contributed by atoms with Crippen molar-refractivity contribution in [2.75, 3.05) is 5.75 Å². The first-order valence-corrected chi connectivity index (χ1v) is 10.6. The van der Waals surface area contributed by atoms with Gasteiger partial charge in [0.2, 0.25) is 0 Å². The average Bonchev–Trinajstić information content (AvgIpc) is 2.76. The summed E-state index contributed by atoms with van der Waals surface area (Å²) in [7, 11) is 0. The Hall–Kier alpha value is -3.79. The molecule has 0 fully saturated rings. The molecule has 0 saturated carbocycles. The standard InChI is InChI=1S/C22H21N5O4S/c1-15-10-16(2)25-22(24-15)32-14-21(28)26-23-12-18-4-3-5-20(11-18)31-13-17-6-8-19(9-7-17)27(29)30/h3-12H,13-14H2,1-2H3,(H,26,28)/b23-12+. The molecule has 0 bridgehead atoms. The molecule has 0 spiro atoms. The molecule has 9 nitrogen and oxygen atoms in total. The molecule has 2 aromatic carbocycles. The van der Waals surface area contributed by atoms with Gasteiger partial charge in [-0.25, -0.2) is 15.4 Å². The van der Waals surface area contributed by atoms with E-state index in [4.69, 9.17) is 4.74 Å². The van der Waals surface area contributed by atoms with Crippen LogP contribution in [0.15, 0.2) is 64.9 Å². The van der Waals surface area contributed by atoms with Crippen molar-refractivity contribution in [1.82, 2.24) is 15.4 Å². The van der Waals surface area contributed by atoms with Crippen LogP contribution in [0.4, 0.5) is 5.69 Å². The number of rotatable bonds is 9. The highest BCUT2D eigenvalue weighted by atomic mass is 32.2. The third-order valence-electron chi connectivity index (χ3n) is 4.11. The number of thioether (sulfide) groups is 1. The number of nitro groups is 1. The van der Waals surface area contributed by atoms with Crippen LogP contribution in [0.2, 0.25) is 0 Å². The average molecular weight is 452 g/mol. The number of benzene rings is 2. The third kappa shape index (κ3) is 7.17. The molecular weight excluding hydrogens is 430 g/mol. The van der Waals surface area contributed by atoms with Gasteiger partial charge in [-0.05, 0) is 55.3 Å². The second-order valence-electron chi connectivity index (χ2n) is 6.80. The van der Waals surface area contributed by atoms with E-state index in [1.807, 2.05) is 32.0 Å². The van der Waals surface area contributed by atoms with Gasteiger partial charge in [-0.1, -0.05) is 23.9 Å². The van der Waals surface area contributed by atoms with Gasteiger partial charge in [-0.2, -0.15) is 5.10 Å². The lowest BCUT2D eigenvalue weighted by Gasteiger charge is -2.07. The van der Waals surface area contributed by atoms with Crippen LogP contribution in [-0.2, 0) is 11.4 Å². The minimum absolute atomic E-state index is 0.0360. The van der Waals surface area contributed by atoms with Crippen molar-refractivity contribution < 1.29 is 14.5 Å². The number of aryl methyl sites for hydroxylation is 2. The van der Waals surface area contributed by atoms with Crippen LogP contribution in [-0.4, -0.2) is 32.8 Å². The van der Waals surface area contributed by atoms with Gasteiger partial charge in [0.05, 0.1) is 16.9 Å². The van der Waals surface area contributed by atoms with E-state index in [0.717, 1.165) is 22.5 Å². The number of aromatic nitrogens is 2. The van der Waals surface area contributed by atoms with E-state index >= 15 is 0 Å². The summed E-state index contributed by atoms with van der Waals surface area (Å²) < 4.78 is 5.73. The molecule has 0 aliphatic carbocycles. The normalized spacial score (nSPS) is 10.8. The Bertz CT molecular complexity index is 1120. The maximum atomic E-state index is 12.0. The number of nitro benzene ring substituents is 1. The number of carbonyl (C=O) groups excluding carboxylic acids is 1. The van der Waals surface area contributed by atoms with E-state index in [-0.39, 0.29) is 24.0 Å². The minimum Gasteiger partial charge on any atom is -0.489 e. The number of nitrogens with one attached hydrogen (secondary N) is 1. The largest absolute Gasteiger partial charge is 0.489 e. The Morgan fingerprint density at radius 1 is 1.16 bits per heavy atom. The highest BCUT2D eigenvalue weighted by Crippen LogP contribution is 2.17. The molecule has 3 aromatic rings. The minimum atomic E-state index is -0.442. The summed E-state index contributed by atoms with van der Waals surface area (Å²) in [4.78, 5) is 30.8. The second kappa shape index (κ2) is 11.0. The van der Waals surface area contributed by atoms with Gasteiger partial charge in [-0.15, -0.1) is 0 Å². The van der Waals surface area contributed by atoms with Crippen LogP contribution in [0.5, 0.6) is 5.75 Å². The van der Waals surface area contributed by atoms with Gasteiger partial charge < -0.3 is 4.74 Å². The number of carbonyl (C=O) groups is 1. The predicted octanol–water partition coefficient (Wildman–Crippen LogP) is 3.82. The molecular formula is C22H21N5O4S. The predicted molar refractivity (Wildman–Crippen MR) is 122 cm³/mol. The number of hydrogen-bond acceptors (Lipinski definition) is 8. The van der Waals surface area contributed by atoms with Gasteiger partial charge in [0.25, 0.3) is 11.6 Å². The van der Waals surface area contributed by atoms with Gasteiger partial charge in [0.1, 0.15) is 12.4 Å². The first-order chi connectivity index (χ1) is 15.4. The van der Waals surface area contributed by atoms with Crippen LogP contribution < -0.4 is 10.2 Å². The summed E-state index contributed by atoms with van der Waals surface area (Å²) >= 11 is 1.25. The Labute approximate surface area is 189 Å². The smallest absolute Gasteiger partial charge is 0.269 e. The molecule has 0 aliphatic heterocycles. The zero-order valence-electron chi connectivity index (χ0n) is 17.5. The quantitative estimate of drug-likeness (QED) is 0.173. The van der Waals surface area contributed by atoms with Crippen molar-refractivity contribution in [3.05, 3.63) is 87.2 Å². The van der Waals surface area contributed by atoms with E-state index in [2.05, 4.69) is 20.5 Å². The fourth-order valence-corrected chi connectivity index (χ4v) is 3.41. The molecule has 0 saturated heterocycles. The van der Waals surface area contributed by atoms with Crippen LogP contribution in [0, 0.1) is 24.0 Å². The van der Waals surface area contributed by atoms with Crippen LogP contribution in [0.1, 0.15) is 22.5 Å². The molecule has 10 heteroatoms. The summed E-state index contributed by atoms with van der Waals surface area (Å²) in [5.74, 6) is 0.499. The molecule has 1 N–H and O–H groups in total. The zero-order chi connectivity index (χ0) is 22.9. The van der Waals surface area contributed by atoms with E-state index in [1.54, 1.807) is 24.3 Å². The summed E-state index contributed by atoms with van der Waals surface area (Å²) in [5.41, 5.74) is 5.79. The van der Waals surface area contributed by atoms with Gasteiger partial charge in [0, 0.05) is 23.5 Å². The maximum absolute atomic E-state index is 12.0. The number of non-ortho nitro benzene ring substituents is 1. The van der Waals surface area contributed by atoms with E-state index in [0.29, 0.717) is 10.9 Å². The van der Waals surface area contributed by atoms with E-state index in [9.17, 15) is 14.9 Å². The Balaban J connectivity index is 1.48. The SMILES string of the molecule is Cc1cc(C)nc(SCC(=O)N/N=C/c2cccc(OCc3ccc([N+](=O)[O-])cc3)c2)n1. The highest BCUT2D eigenvalue weighted by molar-refractivity contribution is 7.99. The molecule has 1 heterocycles. The second-order valence-corrected chi connectivity index (χ2v) is 7.74. The number of hydrazone groups is 1. The van der Waals surface area contributed by atoms with Gasteiger partial charge >= 0.3 is 0 Å². The topological polar surface area (TPSA) is 120 Å². The van der Waals surface area contributed by atoms with Crippen molar-refractivity contribution in [2.45, 2.75) is 25.6 Å². The van der Waals surface area contributed by atoms with Gasteiger partial charge in [-0.3, -0.25) is 14.9 Å². The van der Waals surface area contributed by atoms with Crippen molar-refractivity contribution in [2.24, 2.45) is 5.10 Å². The molecule has 0 aliphatic rings. The number of ether oxygens (including phenoxy) is 1. The molecule has 164 valence electrons. The molecule has 0 unspecified atom stereocenters. The molecule has 1 amide bonds. The third-order valence-corrected chi connectivity index (χ3v) is 4.96. The monoisotopic (exact) mass is 451 g/mol. The number of amides is 1. The van der Waals surface area contributed by atoms with E-state index < -0.39 is 4.92 Å². The molecule has 0 atom stereocenters. The fourth-order valence-electron chi connectivity index (χ4n) is 2.66. The van der Waals surface area contributed by atoms with Gasteiger partial charge in [0.15, 0.2) is 5.16 Å². The lowest BCUT2D eigenvalue weighted by atomic mass is 10.2. The van der Waals surface area contributed by atoms with Crippen molar-refractivity contribution in [3.63, 3.8) is 0 Å². The summed E-state index contributed by atoms with van der Waals surface area (Å²) in [5, 5.41) is 15.2. The fraction of sp³-hybridized carbons (Fsp3) is 0.182. The van der Waals surface area contributed by atoms with Crippen molar-refractivity contribution >= 4 is 29.6 Å². The van der Waals surface area contributed by atoms with Crippen LogP contribution >= 0.6 is 11.8 Å². The maximum Gasteiger partial charge on any atom is 0.269 e. The zero-order valence-corrected chi connectivity index (χ0v) is 18.3. The molecule has 32 heavy (non-hydrogen) atoms. The lowest BCUT2D eigenvalue weighted by molar-refractivity contribution is -0.384. The Morgan fingerprint density at radius 3 is 2.56 bits per heavy atom. The number of nitrogens with zero attached hydrogens (tertiary/aromatic N) is 4. The molecule has 3 rings (SSSR count).